The summed E-state index contributed by atoms with van der Waals surface area (Å²) in [5.74, 6) is 0.504. The number of halogens is 2. The van der Waals surface area contributed by atoms with Crippen LogP contribution in [0.3, 0.4) is 0 Å². The molecule has 1 aliphatic carbocycles. The van der Waals surface area contributed by atoms with E-state index in [0.29, 0.717) is 52.1 Å². The molecule has 0 N–H and O–H groups in total. The van der Waals surface area contributed by atoms with Crippen molar-refractivity contribution in [2.45, 2.75) is 44.8 Å². The predicted octanol–water partition coefficient (Wildman–Crippen LogP) is 5.14. The second kappa shape index (κ2) is 7.02. The molecule has 2 unspecified atom stereocenters. The number of carbonyl (C=O) groups excluding carboxylic acids is 1. The molecule has 1 aliphatic heterocycles. The summed E-state index contributed by atoms with van der Waals surface area (Å²) in [4.78, 5) is 11.7. The Morgan fingerprint density at radius 1 is 1.44 bits per heavy atom. The molecule has 134 valence electrons. The van der Waals surface area contributed by atoms with E-state index in [-0.39, 0.29) is 6.10 Å². The van der Waals surface area contributed by atoms with Crippen LogP contribution in [0.2, 0.25) is 10.0 Å². The first-order valence-corrected chi connectivity index (χ1v) is 9.00. The molecule has 1 spiro atoms. The largest absolute Gasteiger partial charge is 0.479 e. The summed E-state index contributed by atoms with van der Waals surface area (Å²) in [6.07, 6.45) is 2.18. The number of carbonyl (C=O) groups is 1. The van der Waals surface area contributed by atoms with Gasteiger partial charge in [-0.15, -0.1) is 0 Å². The first-order chi connectivity index (χ1) is 11.9. The monoisotopic (exact) mass is 382 g/mol. The minimum absolute atomic E-state index is 0.0587. The molecular weight excluding hydrogens is 363 g/mol. The van der Waals surface area contributed by atoms with Gasteiger partial charge in [-0.1, -0.05) is 35.8 Å². The van der Waals surface area contributed by atoms with E-state index >= 15 is 0 Å². The van der Waals surface area contributed by atoms with Crippen LogP contribution in [0, 0.1) is 0 Å². The highest BCUT2D eigenvalue weighted by Gasteiger charge is 2.53. The zero-order chi connectivity index (χ0) is 18.2. The maximum absolute atomic E-state index is 11.7. The molecule has 1 heterocycles. The van der Waals surface area contributed by atoms with E-state index in [1.54, 1.807) is 18.2 Å². The fraction of sp³-hybridized carbons (Fsp3) is 0.421. The van der Waals surface area contributed by atoms with E-state index in [9.17, 15) is 4.79 Å². The average molecular weight is 383 g/mol. The van der Waals surface area contributed by atoms with Gasteiger partial charge in [-0.2, -0.15) is 0 Å². The molecule has 4 nitrogen and oxygen atoms in total. The molecule has 1 aromatic carbocycles. The maximum Gasteiger partial charge on any atom is 0.307 e. The topological polar surface area (TPSA) is 44.8 Å². The highest BCUT2D eigenvalue weighted by Crippen LogP contribution is 2.53. The van der Waals surface area contributed by atoms with Crippen molar-refractivity contribution in [2.24, 2.45) is 0 Å². The number of ether oxygens (including phenoxy) is 3. The molecule has 1 aromatic rings. The van der Waals surface area contributed by atoms with Crippen LogP contribution in [0.15, 0.2) is 36.3 Å². The lowest BCUT2D eigenvalue weighted by molar-refractivity contribution is -0.140. The number of benzene rings is 1. The summed E-state index contributed by atoms with van der Waals surface area (Å²) in [5, 5.41) is 0.980. The quantitative estimate of drug-likeness (QED) is 0.676. The van der Waals surface area contributed by atoms with Crippen molar-refractivity contribution in [3.05, 3.63) is 51.9 Å². The number of hydrogen-bond donors (Lipinski definition) is 0. The molecule has 1 fully saturated rings. The normalized spacial score (nSPS) is 25.6. The third-order valence-corrected chi connectivity index (χ3v) is 5.06. The van der Waals surface area contributed by atoms with Crippen LogP contribution in [0.5, 0.6) is 0 Å². The lowest BCUT2D eigenvalue weighted by Crippen LogP contribution is -2.30. The van der Waals surface area contributed by atoms with E-state index in [1.807, 2.05) is 6.92 Å². The van der Waals surface area contributed by atoms with Crippen molar-refractivity contribution in [3.8, 4) is 0 Å². The maximum atomic E-state index is 11.7. The van der Waals surface area contributed by atoms with Crippen molar-refractivity contribution in [1.29, 1.82) is 0 Å². The molecule has 6 heteroatoms. The molecule has 0 bridgehead atoms. The molecular formula is C19H20Cl2O4. The Balaban J connectivity index is 2.09. The van der Waals surface area contributed by atoms with Gasteiger partial charge in [-0.05, 0) is 31.9 Å². The summed E-state index contributed by atoms with van der Waals surface area (Å²) in [6, 6.07) is 5.16. The summed E-state index contributed by atoms with van der Waals surface area (Å²) in [5.41, 5.74) is 0.569. The molecule has 2 atom stereocenters. The van der Waals surface area contributed by atoms with Crippen LogP contribution in [0.4, 0.5) is 0 Å². The van der Waals surface area contributed by atoms with Gasteiger partial charge in [-0.3, -0.25) is 4.79 Å². The Hall–Kier alpha value is -1.49. The van der Waals surface area contributed by atoms with E-state index < -0.39 is 11.6 Å². The summed E-state index contributed by atoms with van der Waals surface area (Å²) in [7, 11) is 0. The minimum Gasteiger partial charge on any atom is -0.479 e. The van der Waals surface area contributed by atoms with E-state index in [0.717, 1.165) is 6.42 Å². The Bertz CT molecular complexity index is 756. The van der Waals surface area contributed by atoms with Crippen molar-refractivity contribution >= 4 is 34.7 Å². The Labute approximate surface area is 157 Å². The number of rotatable bonds is 4. The zero-order valence-electron chi connectivity index (χ0n) is 14.2. The molecule has 0 amide bonds. The second-order valence-electron chi connectivity index (χ2n) is 6.26. The van der Waals surface area contributed by atoms with Crippen LogP contribution in [0.1, 0.15) is 38.7 Å². The Morgan fingerprint density at radius 2 is 2.20 bits per heavy atom. The minimum atomic E-state index is -0.735. The molecule has 3 rings (SSSR count). The zero-order valence-corrected chi connectivity index (χ0v) is 15.7. The van der Waals surface area contributed by atoms with Gasteiger partial charge >= 0.3 is 5.97 Å². The Kier molecular flexibility index (Phi) is 5.14. The van der Waals surface area contributed by atoms with Gasteiger partial charge in [-0.25, -0.2) is 0 Å². The van der Waals surface area contributed by atoms with Crippen LogP contribution in [-0.2, 0) is 19.0 Å². The van der Waals surface area contributed by atoms with Crippen molar-refractivity contribution in [2.75, 3.05) is 6.61 Å². The first-order valence-electron chi connectivity index (χ1n) is 8.25. The number of hydrogen-bond acceptors (Lipinski definition) is 4. The summed E-state index contributed by atoms with van der Waals surface area (Å²) >= 11 is 12.4. The first kappa shape index (κ1) is 18.3. The van der Waals surface area contributed by atoms with Gasteiger partial charge in [0.05, 0.1) is 16.7 Å². The van der Waals surface area contributed by atoms with E-state index in [1.165, 1.54) is 6.92 Å². The molecule has 2 aliphatic rings. The molecule has 0 saturated heterocycles. The van der Waals surface area contributed by atoms with Crippen LogP contribution < -0.4 is 0 Å². The lowest BCUT2D eigenvalue weighted by Gasteiger charge is -2.26. The smallest absolute Gasteiger partial charge is 0.307 e. The number of allylic oxidation sites excluding steroid dienone is 1. The van der Waals surface area contributed by atoms with Crippen molar-refractivity contribution < 1.29 is 19.0 Å². The van der Waals surface area contributed by atoms with Gasteiger partial charge in [0.25, 0.3) is 0 Å². The predicted molar refractivity (Wildman–Crippen MR) is 97.4 cm³/mol. The van der Waals surface area contributed by atoms with Crippen molar-refractivity contribution in [3.63, 3.8) is 0 Å². The molecule has 1 saturated carbocycles. The SMILES string of the molecule is C=C1OC2(CCC(OCC)C2)C(OC(C)=O)=C1c1ccc(Cl)cc1Cl. The van der Waals surface area contributed by atoms with Gasteiger partial charge < -0.3 is 14.2 Å². The van der Waals surface area contributed by atoms with E-state index in [2.05, 4.69) is 6.58 Å². The number of esters is 1. The van der Waals surface area contributed by atoms with Crippen molar-refractivity contribution in [1.82, 2.24) is 0 Å². The third kappa shape index (κ3) is 3.43. The van der Waals surface area contributed by atoms with Gasteiger partial charge in [0.2, 0.25) is 0 Å². The summed E-state index contributed by atoms with van der Waals surface area (Å²) < 4.78 is 17.5. The van der Waals surface area contributed by atoms with Gasteiger partial charge in [0.1, 0.15) is 5.76 Å². The van der Waals surface area contributed by atoms with Crippen LogP contribution in [0.25, 0.3) is 5.57 Å². The average Bonchev–Trinajstić information content (AvgIpc) is 3.03. The van der Waals surface area contributed by atoms with Gasteiger partial charge in [0.15, 0.2) is 11.4 Å². The van der Waals surface area contributed by atoms with Crippen LogP contribution in [-0.4, -0.2) is 24.3 Å². The molecule has 0 radical (unpaired) electrons. The second-order valence-corrected chi connectivity index (χ2v) is 7.11. The fourth-order valence-corrected chi connectivity index (χ4v) is 4.09. The standard InChI is InChI=1S/C19H20Cl2O4/c1-4-23-14-7-8-19(10-14)18(24-12(3)22)17(11(2)25-19)15-6-5-13(20)9-16(15)21/h5-6,9,14H,2,4,7-8,10H2,1,3H3. The fourth-order valence-electron chi connectivity index (χ4n) is 3.58. The summed E-state index contributed by atoms with van der Waals surface area (Å²) in [6.45, 7) is 7.98. The Morgan fingerprint density at radius 3 is 2.84 bits per heavy atom. The van der Waals surface area contributed by atoms with E-state index in [4.69, 9.17) is 37.4 Å². The highest BCUT2D eigenvalue weighted by atomic mass is 35.5. The van der Waals surface area contributed by atoms with Gasteiger partial charge in [0, 0.05) is 30.5 Å². The van der Waals surface area contributed by atoms with Crippen LogP contribution >= 0.6 is 23.2 Å². The lowest BCUT2D eigenvalue weighted by atomic mass is 9.94. The third-order valence-electron chi connectivity index (χ3n) is 4.51. The highest BCUT2D eigenvalue weighted by molar-refractivity contribution is 6.35. The molecule has 0 aromatic heterocycles. The molecule has 25 heavy (non-hydrogen) atoms.